The largest absolute Gasteiger partial charge is 0.496 e. The number of halogens is 2. The van der Waals surface area contributed by atoms with Gasteiger partial charge in [0.25, 0.3) is 5.91 Å². The minimum Gasteiger partial charge on any atom is -0.496 e. The number of nitrogens with zero attached hydrogens (tertiary/aromatic N) is 1. The molecule has 2 aromatic carbocycles. The third kappa shape index (κ3) is 4.76. The number of furan rings is 1. The molecule has 1 aromatic heterocycles. The number of carbonyl (C=O) groups is 1. The predicted octanol–water partition coefficient (Wildman–Crippen LogP) is 4.92. The Morgan fingerprint density at radius 2 is 2.03 bits per heavy atom. The number of amides is 1. The monoisotopic (exact) mass is 472 g/mol. The van der Waals surface area contributed by atoms with Gasteiger partial charge in [-0.1, -0.05) is 17.7 Å². The van der Waals surface area contributed by atoms with Gasteiger partial charge in [-0.05, 0) is 66.3 Å². The number of nitrogens with one attached hydrogen (secondary N) is 1. The molecular formula is C23H18ClFN2O4S. The Morgan fingerprint density at radius 1 is 1.22 bits per heavy atom. The van der Waals surface area contributed by atoms with E-state index in [1.165, 1.54) is 23.1 Å². The zero-order valence-electron chi connectivity index (χ0n) is 16.9. The molecule has 0 aliphatic carbocycles. The Hall–Kier alpha value is -3.36. The third-order valence-corrected chi connectivity index (χ3v) is 5.37. The SMILES string of the molecule is COc1ccc(/C=C2/NC(=S)N(Cc3ccco3)C2=O)cc1COc1ccc(F)cc1Cl. The van der Waals surface area contributed by atoms with E-state index in [1.807, 2.05) is 12.1 Å². The number of ether oxygens (including phenoxy) is 2. The molecule has 1 N–H and O–H groups in total. The summed E-state index contributed by atoms with van der Waals surface area (Å²) in [5.74, 6) is 0.892. The van der Waals surface area contributed by atoms with Crippen LogP contribution in [0.2, 0.25) is 5.02 Å². The van der Waals surface area contributed by atoms with Crippen molar-refractivity contribution in [2.45, 2.75) is 13.2 Å². The summed E-state index contributed by atoms with van der Waals surface area (Å²) in [5.41, 5.74) is 1.82. The van der Waals surface area contributed by atoms with Crippen LogP contribution in [0.1, 0.15) is 16.9 Å². The fraction of sp³-hybridized carbons (Fsp3) is 0.130. The van der Waals surface area contributed by atoms with Gasteiger partial charge in [0.15, 0.2) is 5.11 Å². The van der Waals surface area contributed by atoms with E-state index in [9.17, 15) is 9.18 Å². The van der Waals surface area contributed by atoms with Crippen LogP contribution in [0, 0.1) is 5.82 Å². The summed E-state index contributed by atoms with van der Waals surface area (Å²) < 4.78 is 29.7. The molecule has 4 rings (SSSR count). The van der Waals surface area contributed by atoms with Gasteiger partial charge in [-0.3, -0.25) is 9.69 Å². The average Bonchev–Trinajstić information content (AvgIpc) is 3.37. The van der Waals surface area contributed by atoms with Gasteiger partial charge in [-0.2, -0.15) is 0 Å². The Morgan fingerprint density at radius 3 is 2.75 bits per heavy atom. The summed E-state index contributed by atoms with van der Waals surface area (Å²) in [4.78, 5) is 14.2. The molecule has 32 heavy (non-hydrogen) atoms. The van der Waals surface area contributed by atoms with Crippen molar-refractivity contribution in [1.29, 1.82) is 0 Å². The Labute approximate surface area is 194 Å². The Kier molecular flexibility index (Phi) is 6.43. The summed E-state index contributed by atoms with van der Waals surface area (Å²) in [5, 5.41) is 3.43. The molecule has 6 nitrogen and oxygen atoms in total. The number of carbonyl (C=O) groups excluding carboxylic acids is 1. The normalized spacial score (nSPS) is 14.7. The average molecular weight is 473 g/mol. The summed E-state index contributed by atoms with van der Waals surface area (Å²) in [6.07, 6.45) is 3.24. The summed E-state index contributed by atoms with van der Waals surface area (Å²) in [6, 6.07) is 12.9. The second kappa shape index (κ2) is 9.42. The molecule has 1 amide bonds. The molecule has 9 heteroatoms. The van der Waals surface area contributed by atoms with E-state index < -0.39 is 5.82 Å². The standard InChI is InChI=1S/C23H18ClFN2O4S/c1-29-20-6-4-14(9-15(20)13-31-21-7-5-16(25)11-18(21)24)10-19-22(28)27(23(32)26-19)12-17-3-2-8-30-17/h2-11H,12-13H2,1H3,(H,26,32)/b19-10+. The first-order valence-electron chi connectivity index (χ1n) is 9.56. The zero-order valence-corrected chi connectivity index (χ0v) is 18.5. The van der Waals surface area contributed by atoms with E-state index in [2.05, 4.69) is 5.32 Å². The minimum atomic E-state index is -0.443. The second-order valence-corrected chi connectivity index (χ2v) is 7.69. The maximum atomic E-state index is 13.3. The molecule has 164 valence electrons. The smallest absolute Gasteiger partial charge is 0.276 e. The van der Waals surface area contributed by atoms with Crippen molar-refractivity contribution in [1.82, 2.24) is 10.2 Å². The van der Waals surface area contributed by atoms with Gasteiger partial charge in [0.1, 0.15) is 35.4 Å². The number of methoxy groups -OCH3 is 1. The van der Waals surface area contributed by atoms with Gasteiger partial charge in [-0.25, -0.2) is 4.39 Å². The molecular weight excluding hydrogens is 455 g/mol. The number of hydrogen-bond donors (Lipinski definition) is 1. The van der Waals surface area contributed by atoms with Crippen LogP contribution in [-0.4, -0.2) is 23.0 Å². The van der Waals surface area contributed by atoms with E-state index in [4.69, 9.17) is 37.7 Å². The molecule has 1 fully saturated rings. The molecule has 0 spiro atoms. The van der Waals surface area contributed by atoms with Crippen molar-refractivity contribution in [2.75, 3.05) is 7.11 Å². The van der Waals surface area contributed by atoms with E-state index >= 15 is 0 Å². The first kappa shape index (κ1) is 21.9. The van der Waals surface area contributed by atoms with Crippen LogP contribution < -0.4 is 14.8 Å². The van der Waals surface area contributed by atoms with Crippen LogP contribution in [0.15, 0.2) is 64.9 Å². The van der Waals surface area contributed by atoms with Crippen LogP contribution in [0.4, 0.5) is 4.39 Å². The highest BCUT2D eigenvalue weighted by molar-refractivity contribution is 7.80. The molecule has 0 atom stereocenters. The topological polar surface area (TPSA) is 63.9 Å². The molecule has 3 aromatic rings. The van der Waals surface area contributed by atoms with Crippen molar-refractivity contribution in [3.63, 3.8) is 0 Å². The predicted molar refractivity (Wildman–Crippen MR) is 122 cm³/mol. The molecule has 0 radical (unpaired) electrons. The van der Waals surface area contributed by atoms with Crippen LogP contribution in [0.3, 0.4) is 0 Å². The summed E-state index contributed by atoms with van der Waals surface area (Å²) in [7, 11) is 1.55. The van der Waals surface area contributed by atoms with Gasteiger partial charge in [0.2, 0.25) is 0 Å². The Bertz CT molecular complexity index is 1200. The molecule has 1 saturated heterocycles. The van der Waals surface area contributed by atoms with Crippen molar-refractivity contribution in [2.24, 2.45) is 0 Å². The highest BCUT2D eigenvalue weighted by Gasteiger charge is 2.31. The van der Waals surface area contributed by atoms with Gasteiger partial charge in [0.05, 0.1) is 24.9 Å². The molecule has 2 heterocycles. The fourth-order valence-corrected chi connectivity index (χ4v) is 3.67. The highest BCUT2D eigenvalue weighted by atomic mass is 35.5. The van der Waals surface area contributed by atoms with Crippen LogP contribution in [0.25, 0.3) is 6.08 Å². The Balaban J connectivity index is 1.53. The van der Waals surface area contributed by atoms with E-state index in [0.29, 0.717) is 28.1 Å². The van der Waals surface area contributed by atoms with Crippen LogP contribution >= 0.6 is 23.8 Å². The van der Waals surface area contributed by atoms with E-state index in [-0.39, 0.29) is 24.1 Å². The van der Waals surface area contributed by atoms with Gasteiger partial charge >= 0.3 is 0 Å². The third-order valence-electron chi connectivity index (χ3n) is 4.75. The first-order chi connectivity index (χ1) is 15.4. The second-order valence-electron chi connectivity index (χ2n) is 6.89. The molecule has 0 saturated carbocycles. The minimum absolute atomic E-state index is 0.135. The summed E-state index contributed by atoms with van der Waals surface area (Å²) in [6.45, 7) is 0.380. The van der Waals surface area contributed by atoms with Crippen molar-refractivity contribution < 1.29 is 23.1 Å². The highest BCUT2D eigenvalue weighted by Crippen LogP contribution is 2.28. The van der Waals surface area contributed by atoms with Crippen molar-refractivity contribution >= 4 is 40.9 Å². The lowest BCUT2D eigenvalue weighted by Gasteiger charge is -2.12. The molecule has 1 aliphatic rings. The zero-order chi connectivity index (χ0) is 22.7. The summed E-state index contributed by atoms with van der Waals surface area (Å²) >= 11 is 11.3. The van der Waals surface area contributed by atoms with Crippen LogP contribution in [0.5, 0.6) is 11.5 Å². The molecule has 0 unspecified atom stereocenters. The number of rotatable bonds is 7. The lowest BCUT2D eigenvalue weighted by atomic mass is 10.1. The number of hydrogen-bond acceptors (Lipinski definition) is 5. The van der Waals surface area contributed by atoms with E-state index in [1.54, 1.807) is 37.6 Å². The lowest BCUT2D eigenvalue weighted by Crippen LogP contribution is -2.29. The van der Waals surface area contributed by atoms with Crippen molar-refractivity contribution in [3.05, 3.63) is 88.2 Å². The van der Waals surface area contributed by atoms with E-state index in [0.717, 1.165) is 11.1 Å². The van der Waals surface area contributed by atoms with Crippen LogP contribution in [-0.2, 0) is 17.9 Å². The van der Waals surface area contributed by atoms with Crippen molar-refractivity contribution in [3.8, 4) is 11.5 Å². The molecule has 0 bridgehead atoms. The number of thiocarbonyl (C=S) groups is 1. The van der Waals surface area contributed by atoms with Gasteiger partial charge < -0.3 is 19.2 Å². The maximum Gasteiger partial charge on any atom is 0.276 e. The lowest BCUT2D eigenvalue weighted by molar-refractivity contribution is -0.122. The molecule has 1 aliphatic heterocycles. The maximum absolute atomic E-state index is 13.3. The number of benzene rings is 2. The first-order valence-corrected chi connectivity index (χ1v) is 10.3. The fourth-order valence-electron chi connectivity index (χ4n) is 3.19. The quantitative estimate of drug-likeness (QED) is 0.389. The van der Waals surface area contributed by atoms with Gasteiger partial charge in [-0.15, -0.1) is 0 Å². The van der Waals surface area contributed by atoms with Gasteiger partial charge in [0, 0.05) is 5.56 Å².